The van der Waals surface area contributed by atoms with Crippen molar-refractivity contribution in [2.45, 2.75) is 49.8 Å². The van der Waals surface area contributed by atoms with Crippen LogP contribution in [0.2, 0.25) is 0 Å². The van der Waals surface area contributed by atoms with Crippen molar-refractivity contribution in [3.63, 3.8) is 0 Å². The molecule has 0 bridgehead atoms. The maximum Gasteiger partial charge on any atom is 0.252 e. The third-order valence-corrected chi connectivity index (χ3v) is 10.1. The zero-order valence-corrected chi connectivity index (χ0v) is 18.7. The Labute approximate surface area is 175 Å². The molecule has 4 heterocycles. The van der Waals surface area contributed by atoms with E-state index in [2.05, 4.69) is 18.4 Å². The first-order valence-electron chi connectivity index (χ1n) is 9.85. The molecule has 0 radical (unpaired) electrons. The molecule has 28 heavy (non-hydrogen) atoms. The van der Waals surface area contributed by atoms with Crippen molar-refractivity contribution >= 4 is 38.6 Å². The van der Waals surface area contributed by atoms with Crippen LogP contribution in [0, 0.1) is 12.8 Å². The molecular formula is C20H26N2O3S3. The van der Waals surface area contributed by atoms with E-state index in [-0.39, 0.29) is 17.9 Å². The van der Waals surface area contributed by atoms with E-state index in [0.717, 1.165) is 37.1 Å². The van der Waals surface area contributed by atoms with Gasteiger partial charge in [-0.15, -0.1) is 22.7 Å². The maximum atomic E-state index is 13.4. The number of hydrogen-bond donors (Lipinski definition) is 0. The van der Waals surface area contributed by atoms with E-state index in [9.17, 15) is 13.2 Å². The van der Waals surface area contributed by atoms with Crippen molar-refractivity contribution in [1.82, 2.24) is 9.21 Å². The van der Waals surface area contributed by atoms with Gasteiger partial charge >= 0.3 is 0 Å². The van der Waals surface area contributed by atoms with Gasteiger partial charge in [-0.05, 0) is 61.7 Å². The Morgan fingerprint density at radius 2 is 2.07 bits per heavy atom. The Hall–Kier alpha value is -1.22. The number of aryl methyl sites for hydroxylation is 1. The number of rotatable bonds is 4. The predicted octanol–water partition coefficient (Wildman–Crippen LogP) is 4.05. The molecule has 0 spiro atoms. The first kappa shape index (κ1) is 20.1. The maximum absolute atomic E-state index is 13.4. The Bertz CT molecular complexity index is 963. The van der Waals surface area contributed by atoms with Crippen LogP contribution in [0.15, 0.2) is 27.8 Å². The first-order valence-corrected chi connectivity index (χ1v) is 13.0. The third kappa shape index (κ3) is 3.56. The highest BCUT2D eigenvalue weighted by Crippen LogP contribution is 2.37. The molecule has 2 aliphatic rings. The highest BCUT2D eigenvalue weighted by Gasteiger charge is 2.38. The Balaban J connectivity index is 1.52. The van der Waals surface area contributed by atoms with E-state index in [1.807, 2.05) is 17.9 Å². The zero-order valence-electron chi connectivity index (χ0n) is 16.3. The number of thiophene rings is 2. The molecule has 8 heteroatoms. The number of fused-ring (bicyclic) bond motifs is 1. The van der Waals surface area contributed by atoms with Crippen molar-refractivity contribution in [3.05, 3.63) is 38.9 Å². The van der Waals surface area contributed by atoms with Gasteiger partial charge in [0.1, 0.15) is 4.21 Å². The summed E-state index contributed by atoms with van der Waals surface area (Å²) < 4.78 is 27.9. The van der Waals surface area contributed by atoms with Crippen molar-refractivity contribution < 1.29 is 13.2 Å². The van der Waals surface area contributed by atoms with Crippen molar-refractivity contribution in [1.29, 1.82) is 0 Å². The monoisotopic (exact) mass is 438 g/mol. The molecule has 0 saturated carbocycles. The number of sulfonamides is 1. The summed E-state index contributed by atoms with van der Waals surface area (Å²) in [4.78, 5) is 17.7. The summed E-state index contributed by atoms with van der Waals surface area (Å²) in [6.45, 7) is 5.55. The Kier molecular flexibility index (Phi) is 5.66. The average Bonchev–Trinajstić information content (AvgIpc) is 3.35. The van der Waals surface area contributed by atoms with Crippen molar-refractivity contribution in [3.8, 4) is 0 Å². The number of carbonyl (C=O) groups is 1. The van der Waals surface area contributed by atoms with E-state index < -0.39 is 10.0 Å². The summed E-state index contributed by atoms with van der Waals surface area (Å²) in [6.07, 6.45) is 3.28. The van der Waals surface area contributed by atoms with Crippen LogP contribution in [-0.2, 0) is 21.2 Å². The van der Waals surface area contributed by atoms with Gasteiger partial charge in [0.25, 0.3) is 10.0 Å². The van der Waals surface area contributed by atoms with E-state index in [1.165, 1.54) is 26.1 Å². The summed E-state index contributed by atoms with van der Waals surface area (Å²) in [5, 5.41) is 2.11. The van der Waals surface area contributed by atoms with Crippen LogP contribution in [0.25, 0.3) is 0 Å². The summed E-state index contributed by atoms with van der Waals surface area (Å²) in [5.41, 5.74) is 1.28. The van der Waals surface area contributed by atoms with E-state index >= 15 is 0 Å². The standard InChI is InChI=1S/C20H26N2O3S3/c1-3-17-16-9-12-26-18(16)8-11-22(17)20(23)15-5-4-10-21(13-15)28(24,25)19-7-6-14(2)27-19/h6-7,9,12,15,17H,3-5,8,10-11,13H2,1-2H3. The highest BCUT2D eigenvalue weighted by atomic mass is 32.2. The second-order valence-corrected chi connectivity index (χ2v) is 12.0. The topological polar surface area (TPSA) is 57.7 Å². The summed E-state index contributed by atoms with van der Waals surface area (Å²) in [6, 6.07) is 5.78. The lowest BCUT2D eigenvalue weighted by atomic mass is 9.93. The van der Waals surface area contributed by atoms with Crippen LogP contribution in [0.4, 0.5) is 0 Å². The molecule has 2 aliphatic heterocycles. The van der Waals surface area contributed by atoms with Gasteiger partial charge in [-0.3, -0.25) is 4.79 Å². The number of amides is 1. The zero-order chi connectivity index (χ0) is 19.9. The van der Waals surface area contributed by atoms with Gasteiger partial charge in [0.05, 0.1) is 12.0 Å². The second-order valence-electron chi connectivity index (χ2n) is 7.57. The van der Waals surface area contributed by atoms with Gasteiger partial charge in [-0.1, -0.05) is 6.92 Å². The smallest absolute Gasteiger partial charge is 0.252 e. The number of hydrogen-bond acceptors (Lipinski definition) is 5. The molecule has 2 aromatic rings. The lowest BCUT2D eigenvalue weighted by molar-refractivity contribution is -0.139. The molecular weight excluding hydrogens is 412 g/mol. The van der Waals surface area contributed by atoms with Crippen LogP contribution in [0.3, 0.4) is 0 Å². The van der Waals surface area contributed by atoms with Gasteiger partial charge in [0.15, 0.2) is 0 Å². The minimum atomic E-state index is -3.51. The van der Waals surface area contributed by atoms with Crippen molar-refractivity contribution in [2.24, 2.45) is 5.92 Å². The minimum absolute atomic E-state index is 0.117. The van der Waals surface area contributed by atoms with Gasteiger partial charge in [0, 0.05) is 29.4 Å². The predicted molar refractivity (Wildman–Crippen MR) is 113 cm³/mol. The van der Waals surface area contributed by atoms with Gasteiger partial charge in [-0.25, -0.2) is 8.42 Å². The van der Waals surface area contributed by atoms with Crippen LogP contribution in [0.1, 0.15) is 47.5 Å². The molecule has 152 valence electrons. The second kappa shape index (κ2) is 7.89. The van der Waals surface area contributed by atoms with Crippen LogP contribution in [0.5, 0.6) is 0 Å². The molecule has 0 aromatic carbocycles. The van der Waals surface area contributed by atoms with Gasteiger partial charge in [0.2, 0.25) is 5.91 Å². The molecule has 1 amide bonds. The molecule has 2 aromatic heterocycles. The highest BCUT2D eigenvalue weighted by molar-refractivity contribution is 7.91. The number of piperidine rings is 1. The van der Waals surface area contributed by atoms with E-state index in [0.29, 0.717) is 17.3 Å². The molecule has 2 unspecified atom stereocenters. The molecule has 0 aliphatic carbocycles. The minimum Gasteiger partial charge on any atom is -0.335 e. The SMILES string of the molecule is CCC1c2ccsc2CCN1C(=O)C1CCCN(S(=O)(=O)c2ccc(C)s2)C1. The fraction of sp³-hybridized carbons (Fsp3) is 0.550. The largest absolute Gasteiger partial charge is 0.335 e. The third-order valence-electron chi connectivity index (χ3n) is 5.81. The van der Waals surface area contributed by atoms with Gasteiger partial charge in [-0.2, -0.15) is 4.31 Å². The normalized spacial score (nSPS) is 23.6. The molecule has 4 rings (SSSR count). The molecule has 1 fully saturated rings. The Morgan fingerprint density at radius 3 is 2.79 bits per heavy atom. The molecule has 5 nitrogen and oxygen atoms in total. The van der Waals surface area contributed by atoms with Crippen LogP contribution < -0.4 is 0 Å². The summed E-state index contributed by atoms with van der Waals surface area (Å²) >= 11 is 3.07. The van der Waals surface area contributed by atoms with Crippen molar-refractivity contribution in [2.75, 3.05) is 19.6 Å². The number of carbonyl (C=O) groups excluding carboxylic acids is 1. The molecule has 0 N–H and O–H groups in total. The van der Waals surface area contributed by atoms with Gasteiger partial charge < -0.3 is 4.90 Å². The van der Waals surface area contributed by atoms with Crippen LogP contribution >= 0.6 is 22.7 Å². The van der Waals surface area contributed by atoms with E-state index in [1.54, 1.807) is 17.4 Å². The van der Waals surface area contributed by atoms with Crippen LogP contribution in [-0.4, -0.2) is 43.2 Å². The molecule has 2 atom stereocenters. The fourth-order valence-corrected chi connectivity index (χ4v) is 8.26. The fourth-order valence-electron chi connectivity index (χ4n) is 4.38. The molecule has 1 saturated heterocycles. The summed E-state index contributed by atoms with van der Waals surface area (Å²) in [5.74, 6) is -0.134. The average molecular weight is 439 g/mol. The number of nitrogens with zero attached hydrogens (tertiary/aromatic N) is 2. The lowest BCUT2D eigenvalue weighted by Crippen LogP contribution is -2.48. The Morgan fingerprint density at radius 1 is 1.25 bits per heavy atom. The quantitative estimate of drug-likeness (QED) is 0.723. The van der Waals surface area contributed by atoms with E-state index in [4.69, 9.17) is 0 Å². The summed E-state index contributed by atoms with van der Waals surface area (Å²) in [7, 11) is -3.51. The first-order chi connectivity index (χ1) is 13.4. The lowest BCUT2D eigenvalue weighted by Gasteiger charge is -2.40.